The Morgan fingerprint density at radius 1 is 1.33 bits per heavy atom. The van der Waals surface area contributed by atoms with E-state index >= 15 is 0 Å². The molecule has 0 radical (unpaired) electrons. The average molecular weight is 126 g/mol. The molecule has 0 aromatic rings. The van der Waals surface area contributed by atoms with E-state index in [2.05, 4.69) is 13.2 Å². The van der Waals surface area contributed by atoms with Gasteiger partial charge >= 0.3 is 0 Å². The minimum Gasteiger partial charge on any atom is -0.494 e. The summed E-state index contributed by atoms with van der Waals surface area (Å²) >= 11 is 0. The summed E-state index contributed by atoms with van der Waals surface area (Å²) in [6, 6.07) is 0. The highest BCUT2D eigenvalue weighted by Crippen LogP contribution is 2.09. The molecule has 0 rings (SSSR count). The number of hydrogen-bond donors (Lipinski definition) is 0. The molecule has 0 amide bonds. The summed E-state index contributed by atoms with van der Waals surface area (Å²) in [6.45, 7) is 12.1. The van der Waals surface area contributed by atoms with Crippen LogP contribution in [0.5, 0.6) is 0 Å². The van der Waals surface area contributed by atoms with Crippen molar-refractivity contribution in [2.24, 2.45) is 0 Å². The third-order valence-electron chi connectivity index (χ3n) is 1.14. The number of rotatable bonds is 4. The van der Waals surface area contributed by atoms with Gasteiger partial charge in [-0.3, -0.25) is 0 Å². The van der Waals surface area contributed by atoms with E-state index in [9.17, 15) is 0 Å². The summed E-state index contributed by atoms with van der Waals surface area (Å²) in [4.78, 5) is 0. The van der Waals surface area contributed by atoms with Crippen molar-refractivity contribution in [2.45, 2.75) is 20.3 Å². The highest BCUT2D eigenvalue weighted by Gasteiger charge is 1.94. The van der Waals surface area contributed by atoms with Crippen molar-refractivity contribution in [3.63, 3.8) is 0 Å². The molecule has 0 aromatic heterocycles. The lowest BCUT2D eigenvalue weighted by Gasteiger charge is -2.06. The first kappa shape index (κ1) is 8.28. The van der Waals surface area contributed by atoms with Crippen LogP contribution >= 0.6 is 0 Å². The first-order chi connectivity index (χ1) is 4.22. The minimum atomic E-state index is 0.678. The molecule has 0 atom stereocenters. The van der Waals surface area contributed by atoms with Gasteiger partial charge in [-0.05, 0) is 18.9 Å². The third kappa shape index (κ3) is 2.96. The van der Waals surface area contributed by atoms with E-state index in [0.29, 0.717) is 6.61 Å². The summed E-state index contributed by atoms with van der Waals surface area (Å²) in [5.41, 5.74) is 0.983. The van der Waals surface area contributed by atoms with Crippen LogP contribution in [0.2, 0.25) is 0 Å². The molecule has 1 nitrogen and oxygen atoms in total. The molecule has 0 N–H and O–H groups in total. The van der Waals surface area contributed by atoms with E-state index in [-0.39, 0.29) is 0 Å². The minimum absolute atomic E-state index is 0.678. The van der Waals surface area contributed by atoms with E-state index in [4.69, 9.17) is 4.74 Å². The predicted molar refractivity (Wildman–Crippen MR) is 40.2 cm³/mol. The average Bonchev–Trinajstić information content (AvgIpc) is 1.87. The zero-order valence-corrected chi connectivity index (χ0v) is 6.24. The normalized spacial score (nSPS) is 8.67. The fourth-order valence-corrected chi connectivity index (χ4v) is 0.473. The van der Waals surface area contributed by atoms with E-state index < -0.39 is 0 Å². The molecule has 0 aliphatic carbocycles. The summed E-state index contributed by atoms with van der Waals surface area (Å²) in [5.74, 6) is 0.722. The van der Waals surface area contributed by atoms with Crippen LogP contribution < -0.4 is 0 Å². The van der Waals surface area contributed by atoms with Gasteiger partial charge in [0.15, 0.2) is 0 Å². The van der Waals surface area contributed by atoms with Gasteiger partial charge in [0.1, 0.15) is 5.76 Å². The van der Waals surface area contributed by atoms with Crippen molar-refractivity contribution in [2.75, 3.05) is 6.61 Å². The summed E-state index contributed by atoms with van der Waals surface area (Å²) < 4.78 is 5.10. The molecule has 0 fully saturated rings. The Hall–Kier alpha value is -0.720. The van der Waals surface area contributed by atoms with Crippen LogP contribution in [-0.2, 0) is 4.74 Å². The molecule has 1 heteroatoms. The van der Waals surface area contributed by atoms with Gasteiger partial charge in [-0.25, -0.2) is 0 Å². The van der Waals surface area contributed by atoms with Gasteiger partial charge in [0.2, 0.25) is 0 Å². The van der Waals surface area contributed by atoms with Gasteiger partial charge in [-0.2, -0.15) is 0 Å². The van der Waals surface area contributed by atoms with Crippen LogP contribution in [0.25, 0.3) is 0 Å². The molecule has 0 unspecified atom stereocenters. The van der Waals surface area contributed by atoms with Crippen LogP contribution in [-0.4, -0.2) is 6.61 Å². The van der Waals surface area contributed by atoms with Gasteiger partial charge in [0.05, 0.1) is 6.61 Å². The molecule has 0 aliphatic rings. The zero-order valence-electron chi connectivity index (χ0n) is 6.24. The van der Waals surface area contributed by atoms with Crippen LogP contribution in [0.4, 0.5) is 0 Å². The predicted octanol–water partition coefficient (Wildman–Crippen LogP) is 2.50. The topological polar surface area (TPSA) is 9.23 Å². The summed E-state index contributed by atoms with van der Waals surface area (Å²) in [7, 11) is 0. The van der Waals surface area contributed by atoms with Gasteiger partial charge in [0, 0.05) is 0 Å². The van der Waals surface area contributed by atoms with Crippen molar-refractivity contribution >= 4 is 0 Å². The number of hydrogen-bond acceptors (Lipinski definition) is 1. The Morgan fingerprint density at radius 3 is 2.22 bits per heavy atom. The molecule has 0 aliphatic heterocycles. The van der Waals surface area contributed by atoms with Crippen molar-refractivity contribution < 1.29 is 4.74 Å². The van der Waals surface area contributed by atoms with Crippen molar-refractivity contribution in [3.05, 3.63) is 24.5 Å². The lowest BCUT2D eigenvalue weighted by Crippen LogP contribution is -1.91. The largest absolute Gasteiger partial charge is 0.494 e. The standard InChI is InChI=1S/C8H14O/c1-5-7(3)8(4)9-6-2/h3-6H2,1-2H3. The van der Waals surface area contributed by atoms with Gasteiger partial charge in [0.25, 0.3) is 0 Å². The van der Waals surface area contributed by atoms with E-state index in [1.807, 2.05) is 13.8 Å². The van der Waals surface area contributed by atoms with Gasteiger partial charge in [-0.15, -0.1) is 0 Å². The van der Waals surface area contributed by atoms with Crippen molar-refractivity contribution in [1.29, 1.82) is 0 Å². The molecule has 0 saturated carbocycles. The first-order valence-corrected chi connectivity index (χ1v) is 3.22. The van der Waals surface area contributed by atoms with E-state index in [1.54, 1.807) is 0 Å². The SMILES string of the molecule is C=C(CC)C(=C)OCC. The van der Waals surface area contributed by atoms with E-state index in [0.717, 1.165) is 17.8 Å². The molecule has 0 spiro atoms. The number of allylic oxidation sites excluding steroid dienone is 1. The van der Waals surface area contributed by atoms with Crippen LogP contribution in [0.15, 0.2) is 24.5 Å². The first-order valence-electron chi connectivity index (χ1n) is 3.22. The fraction of sp³-hybridized carbons (Fsp3) is 0.500. The van der Waals surface area contributed by atoms with Crippen molar-refractivity contribution in [3.8, 4) is 0 Å². The molecular weight excluding hydrogens is 112 g/mol. The Kier molecular flexibility index (Phi) is 3.85. The molecule has 0 bridgehead atoms. The monoisotopic (exact) mass is 126 g/mol. The third-order valence-corrected chi connectivity index (χ3v) is 1.14. The summed E-state index contributed by atoms with van der Waals surface area (Å²) in [5, 5.41) is 0. The maximum atomic E-state index is 5.10. The quantitative estimate of drug-likeness (QED) is 0.415. The lowest BCUT2D eigenvalue weighted by atomic mass is 10.2. The van der Waals surface area contributed by atoms with Crippen LogP contribution in [0.1, 0.15) is 20.3 Å². The fourth-order valence-electron chi connectivity index (χ4n) is 0.473. The molecule has 0 saturated heterocycles. The second-order valence-corrected chi connectivity index (χ2v) is 1.81. The zero-order chi connectivity index (χ0) is 7.28. The van der Waals surface area contributed by atoms with Gasteiger partial charge in [-0.1, -0.05) is 20.1 Å². The van der Waals surface area contributed by atoms with Crippen LogP contribution in [0.3, 0.4) is 0 Å². The highest BCUT2D eigenvalue weighted by molar-refractivity contribution is 5.18. The maximum Gasteiger partial charge on any atom is 0.114 e. The molecular formula is C8H14O. The smallest absolute Gasteiger partial charge is 0.114 e. The molecule has 0 heterocycles. The lowest BCUT2D eigenvalue weighted by molar-refractivity contribution is 0.238. The second-order valence-electron chi connectivity index (χ2n) is 1.81. The highest BCUT2D eigenvalue weighted by atomic mass is 16.5. The molecule has 52 valence electrons. The second kappa shape index (κ2) is 4.19. The van der Waals surface area contributed by atoms with Crippen LogP contribution in [0, 0.1) is 0 Å². The Balaban J connectivity index is 3.60. The Morgan fingerprint density at radius 2 is 1.89 bits per heavy atom. The summed E-state index contributed by atoms with van der Waals surface area (Å²) in [6.07, 6.45) is 0.916. The van der Waals surface area contributed by atoms with E-state index in [1.165, 1.54) is 0 Å². The van der Waals surface area contributed by atoms with Gasteiger partial charge < -0.3 is 4.74 Å². The molecule has 9 heavy (non-hydrogen) atoms. The molecule has 0 aromatic carbocycles. The maximum absolute atomic E-state index is 5.10. The Bertz CT molecular complexity index is 114. The number of ether oxygens (including phenoxy) is 1. The Labute approximate surface area is 57.0 Å². The van der Waals surface area contributed by atoms with Crippen molar-refractivity contribution in [1.82, 2.24) is 0 Å².